The van der Waals surface area contributed by atoms with Crippen LogP contribution >= 0.6 is 0 Å². The fourth-order valence-electron chi connectivity index (χ4n) is 5.55. The second-order valence-electron chi connectivity index (χ2n) is 10.1. The van der Waals surface area contributed by atoms with Gasteiger partial charge in [-0.15, -0.1) is 0 Å². The number of carboxylic acids is 1. The zero-order chi connectivity index (χ0) is 25.6. The topological polar surface area (TPSA) is 120 Å². The zero-order valence-corrected chi connectivity index (χ0v) is 20.5. The minimum absolute atomic E-state index is 0.0101. The molecule has 36 heavy (non-hydrogen) atoms. The van der Waals surface area contributed by atoms with E-state index in [4.69, 9.17) is 10.1 Å². The largest absolute Gasteiger partial charge is 0.512 e. The maximum atomic E-state index is 14.6. The molecule has 2 aliphatic heterocycles. The van der Waals surface area contributed by atoms with Crippen molar-refractivity contribution in [2.75, 3.05) is 11.5 Å². The number of carbonyl (C=O) groups is 1. The molecule has 1 aliphatic carbocycles. The van der Waals surface area contributed by atoms with Crippen molar-refractivity contribution in [3.05, 3.63) is 63.9 Å². The van der Waals surface area contributed by atoms with E-state index < -0.39 is 11.8 Å². The van der Waals surface area contributed by atoms with E-state index >= 15 is 0 Å². The van der Waals surface area contributed by atoms with E-state index in [0.717, 1.165) is 25.7 Å². The lowest BCUT2D eigenvalue weighted by atomic mass is 9.95. The van der Waals surface area contributed by atoms with Crippen molar-refractivity contribution in [1.82, 2.24) is 9.97 Å². The van der Waals surface area contributed by atoms with Gasteiger partial charge in [-0.2, -0.15) is 0 Å². The van der Waals surface area contributed by atoms with Gasteiger partial charge in [0.05, 0.1) is 18.4 Å². The number of benzene rings is 1. The van der Waals surface area contributed by atoms with Crippen LogP contribution in [0.2, 0.25) is 0 Å². The highest BCUT2D eigenvalue weighted by atomic mass is 19.1. The molecular weight excluding hydrogens is 463 g/mol. The van der Waals surface area contributed by atoms with Crippen molar-refractivity contribution in [2.24, 2.45) is 5.92 Å². The van der Waals surface area contributed by atoms with Crippen LogP contribution in [0.15, 0.2) is 35.6 Å². The Morgan fingerprint density at radius 1 is 1.14 bits per heavy atom. The van der Waals surface area contributed by atoms with E-state index in [-0.39, 0.29) is 53.4 Å². The standard InChI is InChI=1S/C27H31FN4O4/c1-14-4-3-5-21(28)23(14)24(29)20(25(33)16-6-7-16)13-36-19-11-17-8-9-18(12-19)32(17)27-30-15(2)10-22(31-27)26(34)35/h3-5,10,16-19,29,33H,6-9,11-13H2,1-2H3,(H,34,35)/b25-20-,29-24?/t17-,18?,19?/m0/s1. The second kappa shape index (κ2) is 9.61. The van der Waals surface area contributed by atoms with Crippen LogP contribution in [-0.4, -0.2) is 56.7 Å². The van der Waals surface area contributed by atoms with Crippen LogP contribution in [0, 0.1) is 31.0 Å². The van der Waals surface area contributed by atoms with Gasteiger partial charge in [0.15, 0.2) is 5.69 Å². The van der Waals surface area contributed by atoms with E-state index in [0.29, 0.717) is 35.6 Å². The van der Waals surface area contributed by atoms with Crippen molar-refractivity contribution in [1.29, 1.82) is 5.41 Å². The minimum atomic E-state index is -1.07. The van der Waals surface area contributed by atoms with E-state index in [1.165, 1.54) is 12.1 Å². The van der Waals surface area contributed by atoms with Gasteiger partial charge in [-0.25, -0.2) is 19.2 Å². The Labute approximate surface area is 209 Å². The lowest BCUT2D eigenvalue weighted by molar-refractivity contribution is 0.0406. The summed E-state index contributed by atoms with van der Waals surface area (Å²) in [4.78, 5) is 22.4. The number of aryl methyl sites for hydroxylation is 2. The van der Waals surface area contributed by atoms with E-state index in [1.54, 1.807) is 26.0 Å². The molecule has 2 saturated heterocycles. The highest BCUT2D eigenvalue weighted by molar-refractivity contribution is 6.12. The average molecular weight is 495 g/mol. The molecule has 3 aliphatic rings. The highest BCUT2D eigenvalue weighted by Crippen LogP contribution is 2.40. The van der Waals surface area contributed by atoms with Gasteiger partial charge in [0.2, 0.25) is 5.95 Å². The number of hydrogen-bond acceptors (Lipinski definition) is 7. The Morgan fingerprint density at radius 2 is 1.83 bits per heavy atom. The molecule has 0 radical (unpaired) electrons. The van der Waals surface area contributed by atoms with E-state index in [9.17, 15) is 19.4 Å². The fourth-order valence-corrected chi connectivity index (χ4v) is 5.55. The summed E-state index contributed by atoms with van der Waals surface area (Å²) >= 11 is 0. The maximum absolute atomic E-state index is 14.6. The summed E-state index contributed by atoms with van der Waals surface area (Å²) in [6, 6.07) is 6.42. The molecule has 3 heterocycles. The Morgan fingerprint density at radius 3 is 2.44 bits per heavy atom. The number of aromatic carboxylic acids is 1. The predicted molar refractivity (Wildman–Crippen MR) is 132 cm³/mol. The molecule has 8 nitrogen and oxygen atoms in total. The van der Waals surface area contributed by atoms with Gasteiger partial charge < -0.3 is 19.8 Å². The maximum Gasteiger partial charge on any atom is 0.354 e. The molecule has 1 aromatic heterocycles. The molecule has 1 saturated carbocycles. The number of hydrogen-bond donors (Lipinski definition) is 3. The molecular formula is C27H31FN4O4. The first-order valence-electron chi connectivity index (χ1n) is 12.5. The van der Waals surface area contributed by atoms with Crippen LogP contribution in [0.5, 0.6) is 0 Å². The van der Waals surface area contributed by atoms with Crippen molar-refractivity contribution >= 4 is 17.6 Å². The summed E-state index contributed by atoms with van der Waals surface area (Å²) in [5, 5.41) is 29.0. The molecule has 0 amide bonds. The molecule has 3 N–H and O–H groups in total. The molecule has 5 rings (SSSR count). The summed E-state index contributed by atoms with van der Waals surface area (Å²) < 4.78 is 20.9. The predicted octanol–water partition coefficient (Wildman–Crippen LogP) is 4.74. The molecule has 1 aromatic carbocycles. The quantitative estimate of drug-likeness (QED) is 0.358. The van der Waals surface area contributed by atoms with Crippen LogP contribution in [0.4, 0.5) is 10.3 Å². The van der Waals surface area contributed by atoms with Crippen molar-refractivity contribution < 1.29 is 24.1 Å². The minimum Gasteiger partial charge on any atom is -0.512 e. The van der Waals surface area contributed by atoms with Gasteiger partial charge in [0.1, 0.15) is 11.6 Å². The number of nitrogens with zero attached hydrogens (tertiary/aromatic N) is 3. The third kappa shape index (κ3) is 4.72. The van der Waals surface area contributed by atoms with Crippen LogP contribution < -0.4 is 4.90 Å². The van der Waals surface area contributed by atoms with Crippen LogP contribution in [0.1, 0.15) is 65.8 Å². The molecule has 2 aromatic rings. The normalized spacial score (nSPS) is 24.0. The van der Waals surface area contributed by atoms with Crippen molar-refractivity contribution in [3.8, 4) is 0 Å². The SMILES string of the molecule is Cc1cc(C(=O)O)nc(N2C3CC[C@H]2CC(OC/C(C(=N)c2c(C)cccc2F)=C(/O)C2CC2)C3)n1. The Kier molecular flexibility index (Phi) is 6.51. The number of ether oxygens (including phenoxy) is 1. The first-order chi connectivity index (χ1) is 17.2. The number of anilines is 1. The summed E-state index contributed by atoms with van der Waals surface area (Å²) in [7, 11) is 0. The number of allylic oxidation sites excluding steroid dienone is 1. The average Bonchev–Trinajstić information content (AvgIpc) is 3.63. The zero-order valence-electron chi connectivity index (χ0n) is 20.5. The van der Waals surface area contributed by atoms with E-state index in [2.05, 4.69) is 14.9 Å². The second-order valence-corrected chi connectivity index (χ2v) is 10.1. The van der Waals surface area contributed by atoms with Gasteiger partial charge >= 0.3 is 5.97 Å². The number of piperidine rings is 1. The first-order valence-corrected chi connectivity index (χ1v) is 12.5. The molecule has 190 valence electrons. The van der Waals surface area contributed by atoms with Gasteiger partial charge in [0.25, 0.3) is 0 Å². The third-order valence-corrected chi connectivity index (χ3v) is 7.49. The highest BCUT2D eigenvalue weighted by Gasteiger charge is 2.43. The molecule has 3 atom stereocenters. The number of fused-ring (bicyclic) bond motifs is 2. The lowest BCUT2D eigenvalue weighted by Gasteiger charge is -2.39. The molecule has 9 heteroatoms. The smallest absolute Gasteiger partial charge is 0.354 e. The van der Waals surface area contributed by atoms with Gasteiger partial charge in [-0.1, -0.05) is 12.1 Å². The van der Waals surface area contributed by atoms with Crippen molar-refractivity contribution in [2.45, 2.75) is 70.6 Å². The number of aliphatic hydroxyl groups excluding tert-OH is 1. The number of rotatable bonds is 8. The number of aliphatic hydroxyl groups is 1. The molecule has 3 fully saturated rings. The first kappa shape index (κ1) is 24.4. The van der Waals surface area contributed by atoms with E-state index in [1.807, 2.05) is 0 Å². The van der Waals surface area contributed by atoms with Crippen LogP contribution in [0.25, 0.3) is 0 Å². The monoisotopic (exact) mass is 494 g/mol. The van der Waals surface area contributed by atoms with Crippen LogP contribution in [0.3, 0.4) is 0 Å². The Hall–Kier alpha value is -3.33. The third-order valence-electron chi connectivity index (χ3n) is 7.49. The van der Waals surface area contributed by atoms with Gasteiger partial charge in [-0.3, -0.25) is 5.41 Å². The fraction of sp³-hybridized carbons (Fsp3) is 0.481. The molecule has 0 spiro atoms. The number of nitrogens with one attached hydrogen (secondary N) is 1. The number of carboxylic acid groups (broad SMARTS) is 1. The molecule has 2 unspecified atom stereocenters. The Balaban J connectivity index is 1.32. The van der Waals surface area contributed by atoms with Gasteiger partial charge in [0, 0.05) is 34.8 Å². The van der Waals surface area contributed by atoms with Crippen LogP contribution in [-0.2, 0) is 4.74 Å². The summed E-state index contributed by atoms with van der Waals surface area (Å²) in [6.45, 7) is 3.57. The van der Waals surface area contributed by atoms with Crippen molar-refractivity contribution in [3.63, 3.8) is 0 Å². The number of aromatic nitrogens is 2. The molecule has 2 bridgehead atoms. The van der Waals surface area contributed by atoms with Gasteiger partial charge in [-0.05, 0) is 70.1 Å². The summed E-state index contributed by atoms with van der Waals surface area (Å²) in [5.74, 6) is -0.962. The lowest BCUT2D eigenvalue weighted by Crippen LogP contribution is -2.46. The Bertz CT molecular complexity index is 1210. The number of halogens is 1. The summed E-state index contributed by atoms with van der Waals surface area (Å²) in [5.41, 5.74) is 1.78. The summed E-state index contributed by atoms with van der Waals surface area (Å²) in [6.07, 6.45) is 4.90.